The van der Waals surface area contributed by atoms with Crippen molar-refractivity contribution in [2.24, 2.45) is 5.73 Å². The Bertz CT molecular complexity index is 729. The lowest BCUT2D eigenvalue weighted by molar-refractivity contribution is 0.695. The molecule has 0 aliphatic rings. The zero-order chi connectivity index (χ0) is 14.1. The number of nitrogens with two attached hydrogens (primary N) is 1. The Kier molecular flexibility index (Phi) is 3.51. The summed E-state index contributed by atoms with van der Waals surface area (Å²) in [6.45, 7) is 4.13. The molecule has 0 fully saturated rings. The quantitative estimate of drug-likeness (QED) is 0.799. The van der Waals surface area contributed by atoms with E-state index in [0.29, 0.717) is 0 Å². The van der Waals surface area contributed by atoms with Gasteiger partial charge in [0.05, 0.1) is 28.0 Å². The highest BCUT2D eigenvalue weighted by molar-refractivity contribution is 7.11. The number of hydrogen-bond acceptors (Lipinski definition) is 4. The van der Waals surface area contributed by atoms with E-state index in [1.165, 1.54) is 4.88 Å². The zero-order valence-electron chi connectivity index (χ0n) is 11.6. The minimum absolute atomic E-state index is 0.107. The van der Waals surface area contributed by atoms with Gasteiger partial charge in [0.1, 0.15) is 0 Å². The number of para-hydroxylation sites is 1. The number of thiazole rings is 1. The van der Waals surface area contributed by atoms with Gasteiger partial charge in [0.15, 0.2) is 0 Å². The summed E-state index contributed by atoms with van der Waals surface area (Å²) in [4.78, 5) is 10.5. The van der Waals surface area contributed by atoms with Crippen LogP contribution < -0.4 is 5.73 Å². The number of fused-ring (bicyclic) bond motifs is 1. The molecule has 0 radical (unpaired) electrons. The summed E-state index contributed by atoms with van der Waals surface area (Å²) in [6, 6.07) is 12.1. The number of aryl methyl sites for hydroxylation is 2. The number of rotatable bonds is 3. The van der Waals surface area contributed by atoms with Crippen LogP contribution in [0.2, 0.25) is 0 Å². The summed E-state index contributed by atoms with van der Waals surface area (Å²) < 4.78 is 0. The molecule has 4 heteroatoms. The molecular weight excluding hydrogens is 266 g/mol. The van der Waals surface area contributed by atoms with Crippen LogP contribution in [-0.4, -0.2) is 9.97 Å². The van der Waals surface area contributed by atoms with Crippen LogP contribution in [0.25, 0.3) is 10.9 Å². The van der Waals surface area contributed by atoms with Crippen molar-refractivity contribution in [3.63, 3.8) is 0 Å². The fourth-order valence-corrected chi connectivity index (χ4v) is 3.20. The molecule has 0 aliphatic heterocycles. The first-order chi connectivity index (χ1) is 9.63. The molecule has 2 heterocycles. The third-order valence-electron chi connectivity index (χ3n) is 3.47. The lowest BCUT2D eigenvalue weighted by Crippen LogP contribution is -2.14. The molecule has 2 aromatic heterocycles. The average molecular weight is 283 g/mol. The Morgan fingerprint density at radius 2 is 1.90 bits per heavy atom. The highest BCUT2D eigenvalue weighted by Crippen LogP contribution is 2.22. The maximum absolute atomic E-state index is 6.28. The van der Waals surface area contributed by atoms with E-state index in [0.717, 1.165) is 33.7 Å². The van der Waals surface area contributed by atoms with E-state index in [9.17, 15) is 0 Å². The molecular formula is C16H17N3S. The lowest BCUT2D eigenvalue weighted by atomic mass is 10.1. The van der Waals surface area contributed by atoms with Crippen molar-refractivity contribution < 1.29 is 0 Å². The summed E-state index contributed by atoms with van der Waals surface area (Å²) in [7, 11) is 0. The number of aromatic nitrogens is 2. The summed E-state index contributed by atoms with van der Waals surface area (Å²) in [5.74, 6) is 0. The maximum Gasteiger partial charge on any atom is 0.0950 e. The molecule has 3 nitrogen and oxygen atoms in total. The van der Waals surface area contributed by atoms with Crippen LogP contribution in [-0.2, 0) is 6.42 Å². The molecule has 0 spiro atoms. The molecule has 3 rings (SSSR count). The van der Waals surface area contributed by atoms with Gasteiger partial charge in [0, 0.05) is 16.7 Å². The van der Waals surface area contributed by atoms with E-state index >= 15 is 0 Å². The third kappa shape index (κ3) is 2.57. The molecule has 3 aromatic rings. The molecule has 102 valence electrons. The highest BCUT2D eigenvalue weighted by Gasteiger charge is 2.12. The molecule has 1 aromatic carbocycles. The minimum atomic E-state index is -0.107. The van der Waals surface area contributed by atoms with Crippen LogP contribution in [0.15, 0.2) is 36.4 Å². The lowest BCUT2D eigenvalue weighted by Gasteiger charge is -2.10. The molecule has 1 atom stereocenters. The highest BCUT2D eigenvalue weighted by atomic mass is 32.1. The standard InChI is InChI=1S/C16H17N3S/c1-10-11(2)20-16(18-10)9-13(17)15-8-7-12-5-3-4-6-14(12)19-15/h3-8,13H,9,17H2,1-2H3. The number of nitrogens with zero attached hydrogens (tertiary/aromatic N) is 2. The fourth-order valence-electron chi connectivity index (χ4n) is 2.21. The van der Waals surface area contributed by atoms with Gasteiger partial charge in [-0.1, -0.05) is 24.3 Å². The smallest absolute Gasteiger partial charge is 0.0950 e. The van der Waals surface area contributed by atoms with E-state index in [2.05, 4.69) is 29.0 Å². The molecule has 2 N–H and O–H groups in total. The van der Waals surface area contributed by atoms with Crippen molar-refractivity contribution >= 4 is 22.2 Å². The van der Waals surface area contributed by atoms with Crippen molar-refractivity contribution in [3.05, 3.63) is 57.7 Å². The van der Waals surface area contributed by atoms with Crippen LogP contribution in [0.5, 0.6) is 0 Å². The van der Waals surface area contributed by atoms with Crippen LogP contribution in [0.4, 0.5) is 0 Å². The monoisotopic (exact) mass is 283 g/mol. The molecule has 0 aliphatic carbocycles. The minimum Gasteiger partial charge on any atom is -0.322 e. The van der Waals surface area contributed by atoms with Gasteiger partial charge in [-0.2, -0.15) is 0 Å². The number of hydrogen-bond donors (Lipinski definition) is 1. The van der Waals surface area contributed by atoms with Crippen molar-refractivity contribution in [2.75, 3.05) is 0 Å². The van der Waals surface area contributed by atoms with E-state index in [4.69, 9.17) is 5.73 Å². The predicted molar refractivity (Wildman–Crippen MR) is 84.0 cm³/mol. The molecule has 0 amide bonds. The largest absolute Gasteiger partial charge is 0.322 e. The van der Waals surface area contributed by atoms with Crippen molar-refractivity contribution in [3.8, 4) is 0 Å². The SMILES string of the molecule is Cc1nc(CC(N)c2ccc3ccccc3n2)sc1C. The van der Waals surface area contributed by atoms with E-state index in [1.807, 2.05) is 31.2 Å². The summed E-state index contributed by atoms with van der Waals surface area (Å²) in [5, 5.41) is 2.23. The molecule has 0 saturated carbocycles. The second-order valence-electron chi connectivity index (χ2n) is 4.99. The molecule has 1 unspecified atom stereocenters. The van der Waals surface area contributed by atoms with Gasteiger partial charge in [-0.05, 0) is 26.0 Å². The van der Waals surface area contributed by atoms with Gasteiger partial charge in [-0.15, -0.1) is 11.3 Å². The average Bonchev–Trinajstić information content (AvgIpc) is 2.76. The first-order valence-electron chi connectivity index (χ1n) is 6.67. The van der Waals surface area contributed by atoms with E-state index in [-0.39, 0.29) is 6.04 Å². The van der Waals surface area contributed by atoms with Gasteiger partial charge in [-0.3, -0.25) is 4.98 Å². The molecule has 0 saturated heterocycles. The zero-order valence-corrected chi connectivity index (χ0v) is 12.4. The fraction of sp³-hybridized carbons (Fsp3) is 0.250. The van der Waals surface area contributed by atoms with Gasteiger partial charge >= 0.3 is 0 Å². The Labute approximate surface area is 122 Å². The van der Waals surface area contributed by atoms with Crippen LogP contribution in [0, 0.1) is 13.8 Å². The third-order valence-corrected chi connectivity index (χ3v) is 4.56. The first-order valence-corrected chi connectivity index (χ1v) is 7.49. The second-order valence-corrected chi connectivity index (χ2v) is 6.28. The Hall–Kier alpha value is -1.78. The van der Waals surface area contributed by atoms with Crippen molar-refractivity contribution in [1.82, 2.24) is 9.97 Å². The Morgan fingerprint density at radius 1 is 1.10 bits per heavy atom. The maximum atomic E-state index is 6.28. The van der Waals surface area contributed by atoms with Crippen molar-refractivity contribution in [1.29, 1.82) is 0 Å². The summed E-state index contributed by atoms with van der Waals surface area (Å²) in [5.41, 5.74) is 9.30. The number of benzene rings is 1. The van der Waals surface area contributed by atoms with Crippen LogP contribution >= 0.6 is 11.3 Å². The molecule has 20 heavy (non-hydrogen) atoms. The normalized spacial score (nSPS) is 12.8. The Morgan fingerprint density at radius 3 is 2.65 bits per heavy atom. The summed E-state index contributed by atoms with van der Waals surface area (Å²) in [6.07, 6.45) is 0.741. The van der Waals surface area contributed by atoms with E-state index < -0.39 is 0 Å². The van der Waals surface area contributed by atoms with Gasteiger partial charge < -0.3 is 5.73 Å². The van der Waals surface area contributed by atoms with Gasteiger partial charge in [0.25, 0.3) is 0 Å². The second kappa shape index (κ2) is 5.31. The topological polar surface area (TPSA) is 51.8 Å². The van der Waals surface area contributed by atoms with Crippen molar-refractivity contribution in [2.45, 2.75) is 26.3 Å². The van der Waals surface area contributed by atoms with Crippen LogP contribution in [0.3, 0.4) is 0 Å². The van der Waals surface area contributed by atoms with Gasteiger partial charge in [0.2, 0.25) is 0 Å². The number of pyridine rings is 1. The Balaban J connectivity index is 1.86. The van der Waals surface area contributed by atoms with E-state index in [1.54, 1.807) is 11.3 Å². The predicted octanol–water partition coefficient (Wildman–Crippen LogP) is 3.55. The summed E-state index contributed by atoms with van der Waals surface area (Å²) >= 11 is 1.72. The van der Waals surface area contributed by atoms with Gasteiger partial charge in [-0.25, -0.2) is 4.98 Å². The first kappa shape index (κ1) is 13.2. The molecule has 0 bridgehead atoms. The van der Waals surface area contributed by atoms with Crippen LogP contribution in [0.1, 0.15) is 27.3 Å².